The van der Waals surface area contributed by atoms with Crippen molar-refractivity contribution in [2.75, 3.05) is 13.2 Å². The van der Waals surface area contributed by atoms with Crippen LogP contribution in [0.1, 0.15) is 58.8 Å². The highest BCUT2D eigenvalue weighted by molar-refractivity contribution is 5.83. The Morgan fingerprint density at radius 1 is 0.870 bits per heavy atom. The lowest BCUT2D eigenvalue weighted by molar-refractivity contribution is -0.164. The highest BCUT2D eigenvalue weighted by Gasteiger charge is 2.47. The summed E-state index contributed by atoms with van der Waals surface area (Å²) in [4.78, 5) is 25.2. The van der Waals surface area contributed by atoms with E-state index in [1.807, 2.05) is 0 Å². The number of hydrogen-bond acceptors (Lipinski definition) is 4. The second kappa shape index (κ2) is 9.09. The molecule has 0 radical (unpaired) electrons. The molecule has 0 saturated heterocycles. The lowest BCUT2D eigenvalue weighted by atomic mass is 9.71. The van der Waals surface area contributed by atoms with Gasteiger partial charge in [0.15, 0.2) is 0 Å². The molecule has 3 aliphatic carbocycles. The monoisotopic (exact) mass is 322 g/mol. The molecule has 0 heterocycles. The van der Waals surface area contributed by atoms with Crippen molar-refractivity contribution >= 4 is 11.9 Å². The van der Waals surface area contributed by atoms with Gasteiger partial charge in [-0.25, -0.2) is 0 Å². The highest BCUT2D eigenvalue weighted by atomic mass is 16.5. The number of carbonyl (C=O) groups excluding carboxylic acids is 2. The first-order chi connectivity index (χ1) is 11.2. The van der Waals surface area contributed by atoms with Crippen molar-refractivity contribution in [3.8, 4) is 0 Å². The van der Waals surface area contributed by atoms with Crippen molar-refractivity contribution in [3.05, 3.63) is 12.2 Å². The van der Waals surface area contributed by atoms with Crippen LogP contribution < -0.4 is 0 Å². The van der Waals surface area contributed by atoms with Gasteiger partial charge in [-0.1, -0.05) is 45.3 Å². The van der Waals surface area contributed by atoms with Crippen LogP contribution in [0, 0.1) is 23.7 Å². The van der Waals surface area contributed by atoms with Crippen LogP contribution in [0.15, 0.2) is 12.2 Å². The topological polar surface area (TPSA) is 52.6 Å². The summed E-state index contributed by atoms with van der Waals surface area (Å²) in [6.45, 7) is 5.03. The molecule has 0 amide bonds. The van der Waals surface area contributed by atoms with Gasteiger partial charge < -0.3 is 9.47 Å². The fourth-order valence-corrected chi connectivity index (χ4v) is 3.67. The van der Waals surface area contributed by atoms with Gasteiger partial charge in [-0.05, 0) is 37.5 Å². The van der Waals surface area contributed by atoms with Crippen LogP contribution in [0.3, 0.4) is 0 Å². The second-order valence-corrected chi connectivity index (χ2v) is 6.74. The molecule has 4 heteroatoms. The first kappa shape index (κ1) is 18.0. The molecule has 4 unspecified atom stereocenters. The van der Waals surface area contributed by atoms with E-state index < -0.39 is 0 Å². The fourth-order valence-electron chi connectivity index (χ4n) is 3.67. The summed E-state index contributed by atoms with van der Waals surface area (Å²) in [5.74, 6) is -0.913. The summed E-state index contributed by atoms with van der Waals surface area (Å²) in [7, 11) is 0. The van der Waals surface area contributed by atoms with E-state index in [1.165, 1.54) is 0 Å². The maximum Gasteiger partial charge on any atom is 0.310 e. The maximum absolute atomic E-state index is 12.6. The van der Waals surface area contributed by atoms with Crippen molar-refractivity contribution in [1.29, 1.82) is 0 Å². The number of hydrogen-bond donors (Lipinski definition) is 0. The molecule has 0 spiro atoms. The molecule has 23 heavy (non-hydrogen) atoms. The zero-order valence-electron chi connectivity index (χ0n) is 14.5. The first-order valence-corrected chi connectivity index (χ1v) is 9.20. The predicted octanol–water partition coefficient (Wildman–Crippen LogP) is 3.89. The Hall–Kier alpha value is -1.32. The van der Waals surface area contributed by atoms with Crippen molar-refractivity contribution in [1.82, 2.24) is 0 Å². The highest BCUT2D eigenvalue weighted by Crippen LogP contribution is 2.44. The molecule has 3 rings (SSSR count). The SMILES string of the molecule is CCCCOC(=O)C1C2C=CC(CCC2)C1C(=O)OCCCC. The summed E-state index contributed by atoms with van der Waals surface area (Å²) in [6.07, 6.45) is 10.9. The van der Waals surface area contributed by atoms with Crippen molar-refractivity contribution in [3.63, 3.8) is 0 Å². The average Bonchev–Trinajstić information content (AvgIpc) is 2.88. The Balaban J connectivity index is 2.08. The molecule has 0 aromatic heterocycles. The van der Waals surface area contributed by atoms with Crippen LogP contribution in [0.25, 0.3) is 0 Å². The minimum Gasteiger partial charge on any atom is -0.465 e. The van der Waals surface area contributed by atoms with Crippen LogP contribution in [0.2, 0.25) is 0 Å². The maximum atomic E-state index is 12.6. The van der Waals surface area contributed by atoms with E-state index in [4.69, 9.17) is 9.47 Å². The molecule has 4 nitrogen and oxygen atoms in total. The Kier molecular flexibility index (Phi) is 7.13. The third kappa shape index (κ3) is 4.58. The molecule has 1 saturated carbocycles. The van der Waals surface area contributed by atoms with Gasteiger partial charge in [0.05, 0.1) is 25.0 Å². The lowest BCUT2D eigenvalue weighted by Crippen LogP contribution is -2.41. The molecule has 2 bridgehead atoms. The smallest absolute Gasteiger partial charge is 0.310 e. The molecular formula is C19H30O4. The molecule has 4 atom stereocenters. The lowest BCUT2D eigenvalue weighted by Gasteiger charge is -2.33. The van der Waals surface area contributed by atoms with Crippen LogP contribution in [-0.4, -0.2) is 25.2 Å². The summed E-state index contributed by atoms with van der Waals surface area (Å²) in [5.41, 5.74) is 0. The third-order valence-electron chi connectivity index (χ3n) is 5.02. The van der Waals surface area contributed by atoms with Crippen LogP contribution in [-0.2, 0) is 19.1 Å². The molecule has 0 aliphatic heterocycles. The Bertz CT molecular complexity index is 391. The van der Waals surface area contributed by atoms with Gasteiger partial charge in [-0.2, -0.15) is 0 Å². The van der Waals surface area contributed by atoms with E-state index >= 15 is 0 Å². The molecule has 3 aliphatic rings. The number of carbonyl (C=O) groups is 2. The van der Waals surface area contributed by atoms with Gasteiger partial charge in [-0.3, -0.25) is 9.59 Å². The summed E-state index contributed by atoms with van der Waals surface area (Å²) < 4.78 is 10.9. The zero-order valence-corrected chi connectivity index (χ0v) is 14.5. The normalized spacial score (nSPS) is 29.1. The number of ether oxygens (including phenoxy) is 2. The Labute approximate surface area is 139 Å². The quantitative estimate of drug-likeness (QED) is 0.386. The molecule has 0 aromatic rings. The second-order valence-electron chi connectivity index (χ2n) is 6.74. The molecule has 0 aromatic carbocycles. The Morgan fingerprint density at radius 2 is 1.30 bits per heavy atom. The molecule has 1 fully saturated rings. The number of fused-ring (bicyclic) bond motifs is 3. The standard InChI is InChI=1S/C19H30O4/c1-3-5-12-22-18(20)16-14-8-7-9-15(11-10-14)17(16)19(21)23-13-6-4-2/h10-11,14-17H,3-9,12-13H2,1-2H3. The summed E-state index contributed by atoms with van der Waals surface area (Å²) in [5, 5.41) is 0. The molecule has 130 valence electrons. The van der Waals surface area contributed by atoms with E-state index in [0.29, 0.717) is 13.2 Å². The zero-order chi connectivity index (χ0) is 16.7. The van der Waals surface area contributed by atoms with Crippen LogP contribution >= 0.6 is 0 Å². The minimum atomic E-state index is -0.363. The third-order valence-corrected chi connectivity index (χ3v) is 5.02. The van der Waals surface area contributed by atoms with Gasteiger partial charge in [0, 0.05) is 0 Å². The van der Waals surface area contributed by atoms with E-state index in [0.717, 1.165) is 44.9 Å². The number of esters is 2. The fraction of sp³-hybridized carbons (Fsp3) is 0.789. The summed E-state index contributed by atoms with van der Waals surface area (Å²) >= 11 is 0. The summed E-state index contributed by atoms with van der Waals surface area (Å²) in [6, 6.07) is 0. The average molecular weight is 322 g/mol. The van der Waals surface area contributed by atoms with Crippen LogP contribution in [0.5, 0.6) is 0 Å². The van der Waals surface area contributed by atoms with Crippen molar-refractivity contribution in [2.45, 2.75) is 58.8 Å². The molecule has 0 N–H and O–H groups in total. The molecular weight excluding hydrogens is 292 g/mol. The van der Waals surface area contributed by atoms with Crippen molar-refractivity contribution < 1.29 is 19.1 Å². The minimum absolute atomic E-state index is 0.117. The largest absolute Gasteiger partial charge is 0.465 e. The van der Waals surface area contributed by atoms with E-state index in [2.05, 4.69) is 26.0 Å². The van der Waals surface area contributed by atoms with E-state index in [-0.39, 0.29) is 35.6 Å². The number of allylic oxidation sites excluding steroid dienone is 2. The van der Waals surface area contributed by atoms with E-state index in [9.17, 15) is 9.59 Å². The number of unbranched alkanes of at least 4 members (excludes halogenated alkanes) is 2. The first-order valence-electron chi connectivity index (χ1n) is 9.20. The van der Waals surface area contributed by atoms with E-state index in [1.54, 1.807) is 0 Å². The van der Waals surface area contributed by atoms with Crippen LogP contribution in [0.4, 0.5) is 0 Å². The van der Waals surface area contributed by atoms with Gasteiger partial charge in [0.25, 0.3) is 0 Å². The number of rotatable bonds is 8. The Morgan fingerprint density at radius 3 is 1.70 bits per heavy atom. The van der Waals surface area contributed by atoms with Gasteiger partial charge in [0.2, 0.25) is 0 Å². The van der Waals surface area contributed by atoms with Gasteiger partial charge in [0.1, 0.15) is 0 Å². The predicted molar refractivity (Wildman–Crippen MR) is 88.7 cm³/mol. The van der Waals surface area contributed by atoms with Gasteiger partial charge in [-0.15, -0.1) is 0 Å². The van der Waals surface area contributed by atoms with Crippen molar-refractivity contribution in [2.24, 2.45) is 23.7 Å². The van der Waals surface area contributed by atoms with Gasteiger partial charge >= 0.3 is 11.9 Å².